The molecule has 0 saturated heterocycles. The molecule has 0 N–H and O–H groups in total. The van der Waals surface area contributed by atoms with Crippen molar-refractivity contribution in [1.29, 1.82) is 0 Å². The second-order valence-electron chi connectivity index (χ2n) is 0.777. The molecule has 0 spiro atoms. The Balaban J connectivity index is 0. The van der Waals surface area contributed by atoms with Crippen LogP contribution in [0.2, 0.25) is 0 Å². The van der Waals surface area contributed by atoms with Crippen LogP contribution in [0.15, 0.2) is 12.4 Å². The van der Waals surface area contributed by atoms with Gasteiger partial charge < -0.3 is 0 Å². The summed E-state index contributed by atoms with van der Waals surface area (Å²) >= 11 is 10.1. The summed E-state index contributed by atoms with van der Waals surface area (Å²) in [5, 5.41) is 0. The first-order chi connectivity index (χ1) is 4.18. The molecular weight excluding hydrogens is 176 g/mol. The number of hydrogen-bond acceptors (Lipinski definition) is 0. The van der Waals surface area contributed by atoms with Crippen molar-refractivity contribution in [3.8, 4) is 0 Å². The van der Waals surface area contributed by atoms with E-state index in [2.05, 4.69) is 0 Å². The molecule has 56 valence electrons. The fraction of sp³-hybridized carbons (Fsp3) is 0.500. The molecule has 0 atom stereocenters. The number of rotatable bonds is 1. The molecule has 0 aliphatic rings. The van der Waals surface area contributed by atoms with Gasteiger partial charge in [-0.05, 0) is 0 Å². The Bertz CT molecular complexity index is 68.2. The van der Waals surface area contributed by atoms with Gasteiger partial charge in [0.15, 0.2) is 6.33 Å². The number of hydrogen-bond donors (Lipinski definition) is 0. The number of alkyl halides is 2. The standard InChI is InChI=1S/C2H4Cl2.C2HF3/c3-1-2-4;3-1-2(4)5/h1-2H2;1H. The lowest BCUT2D eigenvalue weighted by molar-refractivity contribution is 0.400. The monoisotopic (exact) mass is 180 g/mol. The summed E-state index contributed by atoms with van der Waals surface area (Å²) in [6.45, 7) is 0. The SMILES string of the molecule is ClCCCl.FC=C(F)F. The minimum absolute atomic E-state index is 0.557. The fourth-order valence-corrected chi connectivity index (χ4v) is 0. The third-order valence-electron chi connectivity index (χ3n) is 0.154. The van der Waals surface area contributed by atoms with Crippen molar-refractivity contribution in [2.45, 2.75) is 0 Å². The summed E-state index contributed by atoms with van der Waals surface area (Å²) in [6, 6.07) is 0. The molecule has 0 radical (unpaired) electrons. The van der Waals surface area contributed by atoms with Gasteiger partial charge in [-0.15, -0.1) is 23.2 Å². The van der Waals surface area contributed by atoms with Gasteiger partial charge >= 0.3 is 0 Å². The van der Waals surface area contributed by atoms with E-state index >= 15 is 0 Å². The third-order valence-corrected chi connectivity index (χ3v) is 0.725. The zero-order valence-electron chi connectivity index (χ0n) is 4.38. The van der Waals surface area contributed by atoms with Gasteiger partial charge in [-0.1, -0.05) is 0 Å². The Morgan fingerprint density at radius 2 is 1.44 bits per heavy atom. The molecule has 0 bridgehead atoms. The van der Waals surface area contributed by atoms with Gasteiger partial charge in [-0.3, -0.25) is 0 Å². The molecule has 0 aromatic carbocycles. The van der Waals surface area contributed by atoms with Crippen LogP contribution in [0.1, 0.15) is 0 Å². The van der Waals surface area contributed by atoms with E-state index in [4.69, 9.17) is 23.2 Å². The molecule has 5 heteroatoms. The van der Waals surface area contributed by atoms with Crippen LogP contribution in [0.5, 0.6) is 0 Å². The molecule has 0 aliphatic heterocycles. The summed E-state index contributed by atoms with van der Waals surface area (Å²) in [4.78, 5) is 0. The van der Waals surface area contributed by atoms with Crippen molar-refractivity contribution < 1.29 is 13.2 Å². The van der Waals surface area contributed by atoms with E-state index in [-0.39, 0.29) is 0 Å². The first-order valence-electron chi connectivity index (χ1n) is 1.92. The van der Waals surface area contributed by atoms with Crippen LogP contribution in [0.25, 0.3) is 0 Å². The highest BCUT2D eigenvalue weighted by molar-refractivity contribution is 6.25. The van der Waals surface area contributed by atoms with Crippen molar-refractivity contribution in [3.63, 3.8) is 0 Å². The van der Waals surface area contributed by atoms with Crippen LogP contribution in [0.3, 0.4) is 0 Å². The van der Waals surface area contributed by atoms with Gasteiger partial charge in [0.25, 0.3) is 6.08 Å². The van der Waals surface area contributed by atoms with Crippen LogP contribution >= 0.6 is 23.2 Å². The topological polar surface area (TPSA) is 0 Å². The van der Waals surface area contributed by atoms with Gasteiger partial charge in [-0.25, -0.2) is 4.39 Å². The van der Waals surface area contributed by atoms with Gasteiger partial charge in [0.05, 0.1) is 0 Å². The van der Waals surface area contributed by atoms with Gasteiger partial charge in [0.1, 0.15) is 0 Å². The van der Waals surface area contributed by atoms with Gasteiger partial charge in [0.2, 0.25) is 0 Å². The largest absolute Gasteiger partial charge is 0.298 e. The van der Waals surface area contributed by atoms with Gasteiger partial charge in [-0.2, -0.15) is 8.78 Å². The van der Waals surface area contributed by atoms with Crippen molar-refractivity contribution in [2.24, 2.45) is 0 Å². The normalized spacial score (nSPS) is 7.22. The summed E-state index contributed by atoms with van der Waals surface area (Å²) in [7, 11) is 0. The van der Waals surface area contributed by atoms with E-state index in [9.17, 15) is 13.2 Å². The van der Waals surface area contributed by atoms with Crippen molar-refractivity contribution in [1.82, 2.24) is 0 Å². The van der Waals surface area contributed by atoms with Crippen molar-refractivity contribution in [2.75, 3.05) is 11.8 Å². The lowest BCUT2D eigenvalue weighted by atomic mass is 11.0. The van der Waals surface area contributed by atoms with E-state index in [1.807, 2.05) is 0 Å². The molecule has 0 amide bonds. The number of halogens is 5. The molecule has 0 saturated carbocycles. The zero-order chi connectivity index (χ0) is 7.70. The average molecular weight is 181 g/mol. The fourth-order valence-electron chi connectivity index (χ4n) is 0. The molecule has 0 aliphatic carbocycles. The van der Waals surface area contributed by atoms with E-state index in [1.54, 1.807) is 0 Å². The smallest absolute Gasteiger partial charge is 0.210 e. The summed E-state index contributed by atoms with van der Waals surface area (Å²) in [6.07, 6.45) is -3.04. The molecule has 9 heavy (non-hydrogen) atoms. The van der Waals surface area contributed by atoms with Gasteiger partial charge in [0, 0.05) is 11.8 Å². The maximum absolute atomic E-state index is 10.2. The molecule has 0 aromatic heterocycles. The lowest BCUT2D eigenvalue weighted by Crippen LogP contribution is -1.63. The van der Waals surface area contributed by atoms with Crippen molar-refractivity contribution in [3.05, 3.63) is 12.4 Å². The molecule has 0 aromatic rings. The molecular formula is C4H5Cl2F3. The summed E-state index contributed by atoms with van der Waals surface area (Å²) < 4.78 is 30.7. The molecule has 0 unspecified atom stereocenters. The minimum atomic E-state index is -2.29. The second-order valence-corrected chi connectivity index (χ2v) is 1.53. The van der Waals surface area contributed by atoms with E-state index in [0.29, 0.717) is 11.8 Å². The minimum Gasteiger partial charge on any atom is -0.210 e. The molecule has 0 nitrogen and oxygen atoms in total. The Hall–Kier alpha value is 0.110. The first-order valence-corrected chi connectivity index (χ1v) is 2.99. The lowest BCUT2D eigenvalue weighted by Gasteiger charge is -1.63. The van der Waals surface area contributed by atoms with Crippen LogP contribution in [-0.2, 0) is 0 Å². The Labute approximate surface area is 61.3 Å². The van der Waals surface area contributed by atoms with E-state index < -0.39 is 12.4 Å². The predicted octanol–water partition coefficient (Wildman–Crippen LogP) is 3.16. The van der Waals surface area contributed by atoms with Crippen molar-refractivity contribution >= 4 is 23.2 Å². The first kappa shape index (κ1) is 11.9. The van der Waals surface area contributed by atoms with Crippen LogP contribution in [0.4, 0.5) is 13.2 Å². The Kier molecular flexibility index (Phi) is 14.5. The van der Waals surface area contributed by atoms with Crippen LogP contribution in [0, 0.1) is 0 Å². The summed E-state index contributed by atoms with van der Waals surface area (Å²) in [5.74, 6) is 1.11. The highest BCUT2D eigenvalue weighted by Gasteiger charge is 1.78. The third kappa shape index (κ3) is 31.3. The molecule has 0 fully saturated rings. The molecule has 0 rings (SSSR count). The van der Waals surface area contributed by atoms with E-state index in [1.165, 1.54) is 0 Å². The highest BCUT2D eigenvalue weighted by atomic mass is 35.5. The van der Waals surface area contributed by atoms with Crippen LogP contribution in [-0.4, -0.2) is 11.8 Å². The Morgan fingerprint density at radius 3 is 1.44 bits per heavy atom. The van der Waals surface area contributed by atoms with Crippen LogP contribution < -0.4 is 0 Å². The predicted molar refractivity (Wildman–Crippen MR) is 32.8 cm³/mol. The second kappa shape index (κ2) is 11.0. The van der Waals surface area contributed by atoms with E-state index in [0.717, 1.165) is 0 Å². The highest BCUT2D eigenvalue weighted by Crippen LogP contribution is 1.93. The average Bonchev–Trinajstić information content (AvgIpc) is 1.89. The summed E-state index contributed by atoms with van der Waals surface area (Å²) in [5.41, 5.74) is 0. The zero-order valence-corrected chi connectivity index (χ0v) is 5.89. The Morgan fingerprint density at radius 1 is 1.22 bits per heavy atom. The quantitative estimate of drug-likeness (QED) is 0.545. The molecule has 0 heterocycles. The maximum Gasteiger partial charge on any atom is 0.298 e. The maximum atomic E-state index is 10.2.